The number of nitrogens with two attached hydrogens (primary N) is 1. The van der Waals surface area contributed by atoms with Crippen molar-refractivity contribution in [3.8, 4) is 5.75 Å². The minimum absolute atomic E-state index is 0.244. The number of ether oxygens (including phenoxy) is 2. The molecule has 94 valence electrons. The van der Waals surface area contributed by atoms with Gasteiger partial charge in [-0.1, -0.05) is 12.1 Å². The van der Waals surface area contributed by atoms with Crippen molar-refractivity contribution in [2.24, 2.45) is 5.73 Å². The van der Waals surface area contributed by atoms with Gasteiger partial charge < -0.3 is 15.2 Å². The van der Waals surface area contributed by atoms with Crippen LogP contribution in [0.3, 0.4) is 0 Å². The molecule has 2 N–H and O–H groups in total. The number of carbonyl (C=O) groups is 1. The zero-order valence-electron chi connectivity index (χ0n) is 10.7. The van der Waals surface area contributed by atoms with Gasteiger partial charge in [-0.05, 0) is 38.5 Å². The molecule has 0 aliphatic carbocycles. The number of esters is 1. The minimum Gasteiger partial charge on any atom is -0.488 e. The minimum atomic E-state index is -0.747. The summed E-state index contributed by atoms with van der Waals surface area (Å²) in [5.74, 6) is 0.299. The van der Waals surface area contributed by atoms with Crippen LogP contribution in [0.15, 0.2) is 24.3 Å². The van der Waals surface area contributed by atoms with Crippen molar-refractivity contribution in [1.29, 1.82) is 0 Å². The van der Waals surface area contributed by atoms with Gasteiger partial charge in [0.05, 0.1) is 7.11 Å². The molecule has 17 heavy (non-hydrogen) atoms. The fourth-order valence-electron chi connectivity index (χ4n) is 1.36. The van der Waals surface area contributed by atoms with Crippen LogP contribution in [0, 0.1) is 0 Å². The quantitative estimate of drug-likeness (QED) is 0.817. The van der Waals surface area contributed by atoms with Gasteiger partial charge in [0, 0.05) is 0 Å². The molecule has 0 bridgehead atoms. The first-order chi connectivity index (χ1) is 7.83. The van der Waals surface area contributed by atoms with E-state index in [-0.39, 0.29) is 5.60 Å². The summed E-state index contributed by atoms with van der Waals surface area (Å²) in [5.41, 5.74) is 6.17. The maximum atomic E-state index is 11.2. The monoisotopic (exact) mass is 237 g/mol. The molecule has 0 unspecified atom stereocenters. The van der Waals surface area contributed by atoms with E-state index in [0.29, 0.717) is 5.56 Å². The van der Waals surface area contributed by atoms with Crippen LogP contribution in [-0.4, -0.2) is 18.7 Å². The second-order valence-electron chi connectivity index (χ2n) is 4.78. The molecule has 0 saturated carbocycles. The Labute approximate surface area is 102 Å². The van der Waals surface area contributed by atoms with Gasteiger partial charge in [-0.15, -0.1) is 0 Å². The van der Waals surface area contributed by atoms with Crippen molar-refractivity contribution in [2.45, 2.75) is 32.4 Å². The van der Waals surface area contributed by atoms with E-state index in [1.807, 2.05) is 20.8 Å². The molecule has 0 amide bonds. The van der Waals surface area contributed by atoms with Crippen molar-refractivity contribution in [3.63, 3.8) is 0 Å². The van der Waals surface area contributed by atoms with Gasteiger partial charge in [-0.3, -0.25) is 4.79 Å². The summed E-state index contributed by atoms with van der Waals surface area (Å²) in [6, 6.07) is 6.38. The topological polar surface area (TPSA) is 61.5 Å². The molecule has 0 aromatic heterocycles. The van der Waals surface area contributed by atoms with E-state index in [1.54, 1.807) is 24.3 Å². The van der Waals surface area contributed by atoms with Crippen LogP contribution in [0.4, 0.5) is 0 Å². The molecule has 1 aromatic carbocycles. The number of carbonyl (C=O) groups excluding carboxylic acids is 1. The van der Waals surface area contributed by atoms with Gasteiger partial charge in [0.2, 0.25) is 0 Å². The highest BCUT2D eigenvalue weighted by Gasteiger charge is 2.17. The molecule has 0 aliphatic heterocycles. The third-order valence-electron chi connectivity index (χ3n) is 2.12. The lowest BCUT2D eigenvalue weighted by molar-refractivity contribution is -0.142. The predicted octanol–water partition coefficient (Wildman–Crippen LogP) is 2.04. The lowest BCUT2D eigenvalue weighted by Crippen LogP contribution is -2.24. The van der Waals surface area contributed by atoms with Gasteiger partial charge in [0.25, 0.3) is 0 Å². The normalized spacial score (nSPS) is 13.0. The smallest absolute Gasteiger partial charge is 0.327 e. The van der Waals surface area contributed by atoms with Gasteiger partial charge >= 0.3 is 5.97 Å². The van der Waals surface area contributed by atoms with Gasteiger partial charge in [-0.2, -0.15) is 0 Å². The molecule has 0 saturated heterocycles. The van der Waals surface area contributed by atoms with Crippen molar-refractivity contribution in [3.05, 3.63) is 29.8 Å². The van der Waals surface area contributed by atoms with Crippen molar-refractivity contribution >= 4 is 5.97 Å². The Balaban J connectivity index is 2.78. The average Bonchev–Trinajstić information content (AvgIpc) is 2.26. The molecule has 1 rings (SSSR count). The van der Waals surface area contributed by atoms with E-state index >= 15 is 0 Å². The Morgan fingerprint density at radius 1 is 1.24 bits per heavy atom. The number of rotatable bonds is 3. The van der Waals surface area contributed by atoms with Crippen LogP contribution in [0.25, 0.3) is 0 Å². The van der Waals surface area contributed by atoms with Crippen molar-refractivity contribution < 1.29 is 14.3 Å². The van der Waals surface area contributed by atoms with E-state index in [0.717, 1.165) is 5.75 Å². The Morgan fingerprint density at radius 2 is 1.76 bits per heavy atom. The molecule has 0 heterocycles. The number of hydrogen-bond acceptors (Lipinski definition) is 4. The SMILES string of the molecule is COC(=O)[C@@H](N)c1ccc(OC(C)(C)C)cc1. The van der Waals surface area contributed by atoms with Crippen LogP contribution in [0.5, 0.6) is 5.75 Å². The number of methoxy groups -OCH3 is 1. The fourth-order valence-corrected chi connectivity index (χ4v) is 1.36. The first kappa shape index (κ1) is 13.5. The first-order valence-electron chi connectivity index (χ1n) is 5.46. The molecule has 4 heteroatoms. The summed E-state index contributed by atoms with van der Waals surface area (Å²) in [5, 5.41) is 0. The molecule has 0 aliphatic rings. The number of benzene rings is 1. The summed E-state index contributed by atoms with van der Waals surface area (Å²) in [7, 11) is 1.32. The zero-order valence-corrected chi connectivity index (χ0v) is 10.7. The highest BCUT2D eigenvalue weighted by atomic mass is 16.5. The highest BCUT2D eigenvalue weighted by Crippen LogP contribution is 2.21. The molecule has 1 aromatic rings. The zero-order chi connectivity index (χ0) is 13.1. The Morgan fingerprint density at radius 3 is 2.18 bits per heavy atom. The van der Waals surface area contributed by atoms with Crippen LogP contribution in [-0.2, 0) is 9.53 Å². The van der Waals surface area contributed by atoms with E-state index in [4.69, 9.17) is 10.5 Å². The van der Waals surface area contributed by atoms with Crippen LogP contribution in [0.1, 0.15) is 32.4 Å². The average molecular weight is 237 g/mol. The van der Waals surface area contributed by atoms with Crippen molar-refractivity contribution in [1.82, 2.24) is 0 Å². The number of hydrogen-bond donors (Lipinski definition) is 1. The summed E-state index contributed by atoms with van der Waals surface area (Å²) in [6.45, 7) is 5.92. The van der Waals surface area contributed by atoms with Gasteiger partial charge in [0.1, 0.15) is 17.4 Å². The Kier molecular flexibility index (Phi) is 4.12. The van der Waals surface area contributed by atoms with Crippen molar-refractivity contribution in [2.75, 3.05) is 7.11 Å². The summed E-state index contributed by atoms with van der Waals surface area (Å²) in [6.07, 6.45) is 0. The van der Waals surface area contributed by atoms with Crippen LogP contribution in [0.2, 0.25) is 0 Å². The predicted molar refractivity (Wildman–Crippen MR) is 65.8 cm³/mol. The molecule has 4 nitrogen and oxygen atoms in total. The van der Waals surface area contributed by atoms with E-state index in [2.05, 4.69) is 4.74 Å². The van der Waals surface area contributed by atoms with Crippen LogP contribution < -0.4 is 10.5 Å². The second kappa shape index (κ2) is 5.19. The Bertz CT molecular complexity index is 379. The highest BCUT2D eigenvalue weighted by molar-refractivity contribution is 5.77. The molecular formula is C13H19NO3. The Hall–Kier alpha value is -1.55. The van der Waals surface area contributed by atoms with E-state index in [9.17, 15) is 4.79 Å². The maximum Gasteiger partial charge on any atom is 0.327 e. The van der Waals surface area contributed by atoms with Gasteiger partial charge in [-0.25, -0.2) is 0 Å². The van der Waals surface area contributed by atoms with Gasteiger partial charge in [0.15, 0.2) is 0 Å². The lowest BCUT2D eigenvalue weighted by Gasteiger charge is -2.21. The lowest BCUT2D eigenvalue weighted by atomic mass is 10.1. The molecule has 0 spiro atoms. The largest absolute Gasteiger partial charge is 0.488 e. The second-order valence-corrected chi connectivity index (χ2v) is 4.78. The fraction of sp³-hybridized carbons (Fsp3) is 0.462. The summed E-state index contributed by atoms with van der Waals surface area (Å²) < 4.78 is 10.2. The van der Waals surface area contributed by atoms with E-state index in [1.165, 1.54) is 7.11 Å². The standard InChI is InChI=1S/C13H19NO3/c1-13(2,3)17-10-7-5-9(6-8-10)11(14)12(15)16-4/h5-8,11H,14H2,1-4H3/t11-/m0/s1. The summed E-state index contributed by atoms with van der Waals surface area (Å²) in [4.78, 5) is 11.2. The summed E-state index contributed by atoms with van der Waals surface area (Å²) >= 11 is 0. The third-order valence-corrected chi connectivity index (χ3v) is 2.12. The van der Waals surface area contributed by atoms with E-state index < -0.39 is 12.0 Å². The molecule has 0 fully saturated rings. The maximum absolute atomic E-state index is 11.2. The van der Waals surface area contributed by atoms with Crippen LogP contribution >= 0.6 is 0 Å². The first-order valence-corrected chi connectivity index (χ1v) is 5.46. The third kappa shape index (κ3) is 4.07. The molecular weight excluding hydrogens is 218 g/mol. The molecule has 1 atom stereocenters. The molecule has 0 radical (unpaired) electrons.